The first-order chi connectivity index (χ1) is 13.6. The standard InChI is InChI=1S/C20H18FNO6/c1-25-20(24)15-9-13(28-16-5-3-2-4-14(16)21)10-22(15)19(23)12-6-7-17-18(8-12)27-11-26-17/h2-8,13,15H,9-11H2,1H3/t13-,15+/m0/s1. The van der Waals surface area contributed by atoms with Gasteiger partial charge in [0.25, 0.3) is 5.91 Å². The van der Waals surface area contributed by atoms with Gasteiger partial charge in [-0.2, -0.15) is 0 Å². The Morgan fingerprint density at radius 2 is 1.93 bits per heavy atom. The van der Waals surface area contributed by atoms with E-state index in [1.165, 1.54) is 24.1 Å². The van der Waals surface area contributed by atoms with Crippen molar-refractivity contribution in [2.45, 2.75) is 18.6 Å². The van der Waals surface area contributed by atoms with E-state index in [2.05, 4.69) is 0 Å². The molecule has 2 aliphatic heterocycles. The molecule has 146 valence electrons. The minimum atomic E-state index is -0.820. The van der Waals surface area contributed by atoms with Gasteiger partial charge >= 0.3 is 5.97 Å². The van der Waals surface area contributed by atoms with Crippen LogP contribution >= 0.6 is 0 Å². The lowest BCUT2D eigenvalue weighted by atomic mass is 10.1. The zero-order chi connectivity index (χ0) is 19.7. The zero-order valence-corrected chi connectivity index (χ0v) is 15.1. The van der Waals surface area contributed by atoms with Crippen molar-refractivity contribution in [3.8, 4) is 17.2 Å². The summed E-state index contributed by atoms with van der Waals surface area (Å²) in [4.78, 5) is 26.6. The smallest absolute Gasteiger partial charge is 0.328 e. The number of para-hydroxylation sites is 1. The Labute approximate surface area is 160 Å². The Morgan fingerprint density at radius 1 is 1.14 bits per heavy atom. The molecule has 28 heavy (non-hydrogen) atoms. The van der Waals surface area contributed by atoms with Gasteiger partial charge in [0, 0.05) is 12.0 Å². The third-order valence-electron chi connectivity index (χ3n) is 4.75. The Hall–Kier alpha value is -3.29. The molecule has 1 saturated heterocycles. The summed E-state index contributed by atoms with van der Waals surface area (Å²) in [5, 5.41) is 0. The first kappa shape index (κ1) is 18.1. The maximum absolute atomic E-state index is 13.9. The molecule has 2 atom stereocenters. The summed E-state index contributed by atoms with van der Waals surface area (Å²) in [6.45, 7) is 0.224. The summed E-state index contributed by atoms with van der Waals surface area (Å²) in [5.41, 5.74) is 0.352. The molecule has 0 unspecified atom stereocenters. The predicted octanol–water partition coefficient (Wildman–Crippen LogP) is 2.39. The second-order valence-electron chi connectivity index (χ2n) is 6.47. The lowest BCUT2D eigenvalue weighted by Crippen LogP contribution is -2.41. The first-order valence-electron chi connectivity index (χ1n) is 8.76. The molecular formula is C20H18FNO6. The predicted molar refractivity (Wildman–Crippen MR) is 94.8 cm³/mol. The number of hydrogen-bond acceptors (Lipinski definition) is 6. The van der Waals surface area contributed by atoms with Gasteiger partial charge in [-0.3, -0.25) is 4.79 Å². The molecule has 2 aromatic carbocycles. The molecule has 0 aromatic heterocycles. The number of amides is 1. The fourth-order valence-electron chi connectivity index (χ4n) is 3.38. The van der Waals surface area contributed by atoms with Crippen LogP contribution in [0.15, 0.2) is 42.5 Å². The molecule has 2 aromatic rings. The molecular weight excluding hydrogens is 369 g/mol. The largest absolute Gasteiger partial charge is 0.485 e. The van der Waals surface area contributed by atoms with E-state index in [1.54, 1.807) is 30.3 Å². The van der Waals surface area contributed by atoms with Crippen molar-refractivity contribution in [3.63, 3.8) is 0 Å². The van der Waals surface area contributed by atoms with Gasteiger partial charge in [-0.25, -0.2) is 9.18 Å². The monoisotopic (exact) mass is 387 g/mol. The quantitative estimate of drug-likeness (QED) is 0.750. The summed E-state index contributed by atoms with van der Waals surface area (Å²) in [6, 6.07) is 10.0. The van der Waals surface area contributed by atoms with Gasteiger partial charge in [0.2, 0.25) is 6.79 Å². The molecule has 0 spiro atoms. The van der Waals surface area contributed by atoms with Gasteiger partial charge in [-0.15, -0.1) is 0 Å². The molecule has 0 saturated carbocycles. The van der Waals surface area contributed by atoms with Crippen LogP contribution in [-0.2, 0) is 9.53 Å². The summed E-state index contributed by atoms with van der Waals surface area (Å²) in [6.07, 6.45) is -0.337. The van der Waals surface area contributed by atoms with Crippen LogP contribution < -0.4 is 14.2 Å². The van der Waals surface area contributed by atoms with Crippen LogP contribution in [-0.4, -0.2) is 49.4 Å². The van der Waals surface area contributed by atoms with Crippen molar-refractivity contribution in [1.29, 1.82) is 0 Å². The van der Waals surface area contributed by atoms with E-state index in [0.717, 1.165) is 0 Å². The average Bonchev–Trinajstić information content (AvgIpc) is 3.35. The van der Waals surface area contributed by atoms with Gasteiger partial charge < -0.3 is 23.8 Å². The van der Waals surface area contributed by atoms with Crippen LogP contribution in [0, 0.1) is 5.82 Å². The van der Waals surface area contributed by atoms with Crippen LogP contribution in [0.3, 0.4) is 0 Å². The van der Waals surface area contributed by atoms with Gasteiger partial charge in [0.1, 0.15) is 12.1 Å². The Kier molecular flexibility index (Phi) is 4.77. The second kappa shape index (κ2) is 7.38. The number of hydrogen-bond donors (Lipinski definition) is 0. The maximum Gasteiger partial charge on any atom is 0.328 e. The highest BCUT2D eigenvalue weighted by atomic mass is 19.1. The highest BCUT2D eigenvalue weighted by molar-refractivity contribution is 5.97. The summed E-state index contributed by atoms with van der Waals surface area (Å²) < 4.78 is 35.0. The van der Waals surface area contributed by atoms with Gasteiger partial charge in [-0.05, 0) is 30.3 Å². The third-order valence-corrected chi connectivity index (χ3v) is 4.75. The molecule has 8 heteroatoms. The number of ether oxygens (including phenoxy) is 4. The van der Waals surface area contributed by atoms with Gasteiger partial charge in [0.15, 0.2) is 23.1 Å². The van der Waals surface area contributed by atoms with Crippen LogP contribution in [0.25, 0.3) is 0 Å². The van der Waals surface area contributed by atoms with Crippen molar-refractivity contribution in [1.82, 2.24) is 4.90 Å². The number of carbonyl (C=O) groups is 2. The van der Waals surface area contributed by atoms with Gasteiger partial charge in [-0.1, -0.05) is 12.1 Å². The molecule has 0 aliphatic carbocycles. The minimum absolute atomic E-state index is 0.0773. The Bertz CT molecular complexity index is 917. The number of likely N-dealkylation sites (tertiary alicyclic amines) is 1. The molecule has 2 aliphatic rings. The van der Waals surface area contributed by atoms with Crippen molar-refractivity contribution in [3.05, 3.63) is 53.8 Å². The van der Waals surface area contributed by atoms with E-state index in [0.29, 0.717) is 17.1 Å². The van der Waals surface area contributed by atoms with Crippen LogP contribution in [0.4, 0.5) is 4.39 Å². The van der Waals surface area contributed by atoms with Crippen molar-refractivity contribution >= 4 is 11.9 Å². The molecule has 1 fully saturated rings. The number of carbonyl (C=O) groups excluding carboxylic acids is 2. The summed E-state index contributed by atoms with van der Waals surface area (Å²) >= 11 is 0. The second-order valence-corrected chi connectivity index (χ2v) is 6.47. The molecule has 0 bridgehead atoms. The normalized spacial score (nSPS) is 20.1. The Balaban J connectivity index is 1.56. The molecule has 0 N–H and O–H groups in total. The molecule has 0 radical (unpaired) electrons. The van der Waals surface area contributed by atoms with E-state index in [1.807, 2.05) is 0 Å². The maximum atomic E-state index is 13.9. The number of benzene rings is 2. The van der Waals surface area contributed by atoms with E-state index >= 15 is 0 Å². The van der Waals surface area contributed by atoms with Crippen LogP contribution in [0.5, 0.6) is 17.2 Å². The molecule has 1 amide bonds. The van der Waals surface area contributed by atoms with Crippen molar-refractivity contribution in [2.24, 2.45) is 0 Å². The summed E-state index contributed by atoms with van der Waals surface area (Å²) in [7, 11) is 1.26. The summed E-state index contributed by atoms with van der Waals surface area (Å²) in [5.74, 6) is -0.310. The first-order valence-corrected chi connectivity index (χ1v) is 8.76. The van der Waals surface area contributed by atoms with Crippen LogP contribution in [0.1, 0.15) is 16.8 Å². The van der Waals surface area contributed by atoms with E-state index in [9.17, 15) is 14.0 Å². The lowest BCUT2D eigenvalue weighted by Gasteiger charge is -2.22. The fraction of sp³-hybridized carbons (Fsp3) is 0.300. The lowest BCUT2D eigenvalue weighted by molar-refractivity contribution is -0.145. The topological polar surface area (TPSA) is 74.3 Å². The number of methoxy groups -OCH3 is 1. The molecule has 7 nitrogen and oxygen atoms in total. The Morgan fingerprint density at radius 3 is 2.71 bits per heavy atom. The number of rotatable bonds is 4. The minimum Gasteiger partial charge on any atom is -0.485 e. The van der Waals surface area contributed by atoms with E-state index in [-0.39, 0.29) is 31.4 Å². The third kappa shape index (κ3) is 3.33. The average molecular weight is 387 g/mol. The van der Waals surface area contributed by atoms with E-state index < -0.39 is 23.9 Å². The highest BCUT2D eigenvalue weighted by Crippen LogP contribution is 2.34. The zero-order valence-electron chi connectivity index (χ0n) is 15.1. The highest BCUT2D eigenvalue weighted by Gasteiger charge is 2.42. The van der Waals surface area contributed by atoms with Crippen LogP contribution in [0.2, 0.25) is 0 Å². The molecule has 4 rings (SSSR count). The molecule has 2 heterocycles. The SMILES string of the molecule is COC(=O)[C@H]1C[C@H](Oc2ccccc2F)CN1C(=O)c1ccc2c(c1)OCO2. The number of nitrogens with zero attached hydrogens (tertiary/aromatic N) is 1. The van der Waals surface area contributed by atoms with E-state index in [4.69, 9.17) is 18.9 Å². The number of esters is 1. The van der Waals surface area contributed by atoms with Crippen molar-refractivity contribution in [2.75, 3.05) is 20.4 Å². The van der Waals surface area contributed by atoms with Crippen molar-refractivity contribution < 1.29 is 32.9 Å². The van der Waals surface area contributed by atoms with Gasteiger partial charge in [0.05, 0.1) is 13.7 Å². The fourth-order valence-corrected chi connectivity index (χ4v) is 3.38. The number of halogens is 1. The number of fused-ring (bicyclic) bond motifs is 1.